The monoisotopic (exact) mass is 324 g/mol. The molecule has 1 amide bonds. The molecule has 1 heterocycles. The molecule has 0 aromatic heterocycles. The van der Waals surface area contributed by atoms with Crippen LogP contribution in [-0.4, -0.2) is 19.5 Å². The van der Waals surface area contributed by atoms with Crippen LogP contribution in [0.5, 0.6) is 0 Å². The SMILES string of the molecule is CC1(C2=CCC=CC=C2)CCNCC1.O=CNCc1ccccc1. The Labute approximate surface area is 145 Å². The molecule has 0 unspecified atom stereocenters. The van der Waals surface area contributed by atoms with Crippen molar-refractivity contribution in [1.29, 1.82) is 0 Å². The topological polar surface area (TPSA) is 41.1 Å². The van der Waals surface area contributed by atoms with Crippen LogP contribution in [0.4, 0.5) is 0 Å². The van der Waals surface area contributed by atoms with Gasteiger partial charge in [-0.3, -0.25) is 4.79 Å². The van der Waals surface area contributed by atoms with Crippen LogP contribution in [0.2, 0.25) is 0 Å². The fourth-order valence-corrected chi connectivity index (χ4v) is 3.05. The predicted octanol–water partition coefficient (Wildman–Crippen LogP) is 3.75. The quantitative estimate of drug-likeness (QED) is 0.828. The van der Waals surface area contributed by atoms with Gasteiger partial charge in [0.25, 0.3) is 0 Å². The van der Waals surface area contributed by atoms with Gasteiger partial charge in [0.15, 0.2) is 0 Å². The second-order valence-electron chi connectivity index (χ2n) is 6.48. The van der Waals surface area contributed by atoms with E-state index in [1.807, 2.05) is 30.3 Å². The molecule has 1 aromatic rings. The van der Waals surface area contributed by atoms with E-state index in [2.05, 4.69) is 47.9 Å². The number of hydrogen-bond donors (Lipinski definition) is 2. The fourth-order valence-electron chi connectivity index (χ4n) is 3.05. The highest BCUT2D eigenvalue weighted by atomic mass is 16.1. The lowest BCUT2D eigenvalue weighted by Crippen LogP contribution is -2.35. The van der Waals surface area contributed by atoms with Gasteiger partial charge in [0.2, 0.25) is 6.41 Å². The molecule has 1 aliphatic heterocycles. The van der Waals surface area contributed by atoms with Gasteiger partial charge in [-0.2, -0.15) is 0 Å². The average Bonchev–Trinajstić information content (AvgIpc) is 2.92. The zero-order valence-corrected chi connectivity index (χ0v) is 14.5. The summed E-state index contributed by atoms with van der Waals surface area (Å²) in [6.07, 6.45) is 15.5. The third-order valence-corrected chi connectivity index (χ3v) is 4.63. The number of piperidine rings is 1. The number of allylic oxidation sites excluding steroid dienone is 6. The smallest absolute Gasteiger partial charge is 0.207 e. The summed E-state index contributed by atoms with van der Waals surface area (Å²) in [5, 5.41) is 6.01. The van der Waals surface area contributed by atoms with Crippen LogP contribution in [0, 0.1) is 5.41 Å². The first kappa shape index (κ1) is 18.2. The van der Waals surface area contributed by atoms with Crippen LogP contribution in [0.15, 0.2) is 66.3 Å². The highest BCUT2D eigenvalue weighted by molar-refractivity contribution is 5.46. The Hall–Kier alpha value is -2.13. The van der Waals surface area contributed by atoms with Gasteiger partial charge in [-0.05, 0) is 48.9 Å². The normalized spacial score (nSPS) is 18.6. The number of amides is 1. The summed E-state index contributed by atoms with van der Waals surface area (Å²) in [6, 6.07) is 9.78. The van der Waals surface area contributed by atoms with E-state index in [1.54, 1.807) is 0 Å². The lowest BCUT2D eigenvalue weighted by Gasteiger charge is -2.35. The van der Waals surface area contributed by atoms with E-state index >= 15 is 0 Å². The van der Waals surface area contributed by atoms with E-state index in [9.17, 15) is 4.79 Å². The van der Waals surface area contributed by atoms with Crippen LogP contribution in [0.1, 0.15) is 31.7 Å². The molecule has 0 saturated carbocycles. The van der Waals surface area contributed by atoms with Crippen LogP contribution in [0.25, 0.3) is 0 Å². The zero-order chi connectivity index (χ0) is 17.1. The minimum absolute atomic E-state index is 0.410. The van der Waals surface area contributed by atoms with Crippen molar-refractivity contribution in [2.45, 2.75) is 32.7 Å². The minimum atomic E-state index is 0.410. The van der Waals surface area contributed by atoms with Crippen molar-refractivity contribution < 1.29 is 4.79 Å². The molecule has 0 radical (unpaired) electrons. The minimum Gasteiger partial charge on any atom is -0.355 e. The van der Waals surface area contributed by atoms with Gasteiger partial charge in [0.05, 0.1) is 0 Å². The number of rotatable bonds is 4. The maximum absolute atomic E-state index is 9.87. The van der Waals surface area contributed by atoms with Gasteiger partial charge >= 0.3 is 0 Å². The first-order valence-electron chi connectivity index (χ1n) is 8.70. The summed E-state index contributed by atoms with van der Waals surface area (Å²) in [4.78, 5) is 9.87. The Kier molecular flexibility index (Phi) is 7.50. The Morgan fingerprint density at radius 2 is 1.92 bits per heavy atom. The van der Waals surface area contributed by atoms with E-state index in [1.165, 1.54) is 18.4 Å². The first-order chi connectivity index (χ1) is 11.7. The zero-order valence-electron chi connectivity index (χ0n) is 14.5. The highest BCUT2D eigenvalue weighted by Crippen LogP contribution is 2.37. The van der Waals surface area contributed by atoms with E-state index in [4.69, 9.17) is 0 Å². The number of carbonyl (C=O) groups excluding carboxylic acids is 1. The molecule has 1 saturated heterocycles. The van der Waals surface area contributed by atoms with E-state index in [0.717, 1.165) is 25.1 Å². The molecule has 0 bridgehead atoms. The lowest BCUT2D eigenvalue weighted by molar-refractivity contribution is -0.109. The predicted molar refractivity (Wildman–Crippen MR) is 101 cm³/mol. The van der Waals surface area contributed by atoms with E-state index in [0.29, 0.717) is 18.4 Å². The van der Waals surface area contributed by atoms with Crippen molar-refractivity contribution in [3.05, 3.63) is 71.8 Å². The number of nitrogens with one attached hydrogen (secondary N) is 2. The van der Waals surface area contributed by atoms with Crippen LogP contribution in [-0.2, 0) is 11.3 Å². The molecule has 3 rings (SSSR count). The number of carbonyl (C=O) groups is 1. The van der Waals surface area contributed by atoms with Crippen LogP contribution in [0.3, 0.4) is 0 Å². The number of benzene rings is 1. The first-order valence-corrected chi connectivity index (χ1v) is 8.70. The van der Waals surface area contributed by atoms with Crippen molar-refractivity contribution in [2.24, 2.45) is 5.41 Å². The summed E-state index contributed by atoms with van der Waals surface area (Å²) in [5.74, 6) is 0. The molecule has 0 spiro atoms. The summed E-state index contributed by atoms with van der Waals surface area (Å²) >= 11 is 0. The van der Waals surface area contributed by atoms with Crippen molar-refractivity contribution in [3.8, 4) is 0 Å². The van der Waals surface area contributed by atoms with Crippen molar-refractivity contribution >= 4 is 6.41 Å². The largest absolute Gasteiger partial charge is 0.355 e. The van der Waals surface area contributed by atoms with Gasteiger partial charge in [-0.1, -0.05) is 67.6 Å². The molecule has 2 N–H and O–H groups in total. The Morgan fingerprint density at radius 3 is 2.62 bits per heavy atom. The Balaban J connectivity index is 0.000000185. The van der Waals surface area contributed by atoms with Crippen LogP contribution < -0.4 is 10.6 Å². The number of hydrogen-bond acceptors (Lipinski definition) is 2. The van der Waals surface area contributed by atoms with E-state index < -0.39 is 0 Å². The third-order valence-electron chi connectivity index (χ3n) is 4.63. The second kappa shape index (κ2) is 9.89. The molecular formula is C21H28N2O. The average molecular weight is 324 g/mol. The highest BCUT2D eigenvalue weighted by Gasteiger charge is 2.29. The molecule has 2 aliphatic rings. The Morgan fingerprint density at radius 1 is 1.17 bits per heavy atom. The van der Waals surface area contributed by atoms with Gasteiger partial charge in [-0.15, -0.1) is 0 Å². The lowest BCUT2D eigenvalue weighted by atomic mass is 9.74. The van der Waals surface area contributed by atoms with Crippen molar-refractivity contribution in [3.63, 3.8) is 0 Å². The fraction of sp³-hybridized carbons (Fsp3) is 0.381. The van der Waals surface area contributed by atoms with Gasteiger partial charge in [0.1, 0.15) is 0 Å². The van der Waals surface area contributed by atoms with Crippen molar-refractivity contribution in [1.82, 2.24) is 10.6 Å². The molecule has 1 fully saturated rings. The van der Waals surface area contributed by atoms with Crippen molar-refractivity contribution in [2.75, 3.05) is 13.1 Å². The molecule has 24 heavy (non-hydrogen) atoms. The molecule has 128 valence electrons. The summed E-state index contributed by atoms with van der Waals surface area (Å²) < 4.78 is 0. The van der Waals surface area contributed by atoms with Gasteiger partial charge in [-0.25, -0.2) is 0 Å². The Bertz CT molecular complexity index is 581. The van der Waals surface area contributed by atoms with Gasteiger partial charge in [0, 0.05) is 6.54 Å². The molecule has 0 atom stereocenters. The maximum Gasteiger partial charge on any atom is 0.207 e. The maximum atomic E-state index is 9.87. The van der Waals surface area contributed by atoms with Gasteiger partial charge < -0.3 is 10.6 Å². The summed E-state index contributed by atoms with van der Waals surface area (Å²) in [7, 11) is 0. The molecule has 3 nitrogen and oxygen atoms in total. The summed E-state index contributed by atoms with van der Waals surface area (Å²) in [5.41, 5.74) is 3.06. The molecule has 1 aliphatic carbocycles. The van der Waals surface area contributed by atoms with E-state index in [-0.39, 0.29) is 0 Å². The second-order valence-corrected chi connectivity index (χ2v) is 6.48. The standard InChI is InChI=1S/C13H19N.C8H9NO/c1-13(8-10-14-11-9-13)12-6-4-2-3-5-7-12;10-7-9-6-8-4-2-1-3-5-8/h2-4,6-7,14H,5,8-11H2,1H3;1-5,7H,6H2,(H,9,10). The summed E-state index contributed by atoms with van der Waals surface area (Å²) in [6.45, 7) is 5.34. The van der Waals surface area contributed by atoms with Crippen LogP contribution >= 0.6 is 0 Å². The third kappa shape index (κ3) is 5.82. The molecule has 1 aromatic carbocycles. The molecule has 3 heteroatoms. The molecular weight excluding hydrogens is 296 g/mol.